The fourth-order valence-electron chi connectivity index (χ4n) is 2.49. The van der Waals surface area contributed by atoms with Crippen LogP contribution >= 0.6 is 43.2 Å². The zero-order valence-corrected chi connectivity index (χ0v) is 24.6. The molecule has 0 aliphatic carbocycles. The van der Waals surface area contributed by atoms with E-state index in [4.69, 9.17) is 4.74 Å². The van der Waals surface area contributed by atoms with Crippen molar-refractivity contribution in [2.45, 2.75) is 83.7 Å². The monoisotopic (exact) mass is 586 g/mol. The topological polar surface area (TPSA) is 159 Å². The van der Waals surface area contributed by atoms with Gasteiger partial charge in [-0.3, -0.25) is 14.4 Å². The standard InChI is InChI=1S/C22H38N2O8S4/c1-13(2)14(3)32-20(27)9-7-6-8-17(36-35-12-19(22(30)31)24-16(5)26)10-33-34-11-18(21(28)29)23-15(4)25/h13-14,17-19H,6-12H2,1-5H3,(H,23,25)(H,24,26)(H,28,29)(H,30,31). The molecule has 0 aromatic heterocycles. The van der Waals surface area contributed by atoms with Crippen LogP contribution in [0.25, 0.3) is 0 Å². The normalized spacial score (nSPS) is 14.4. The van der Waals surface area contributed by atoms with E-state index >= 15 is 0 Å². The molecule has 2 amide bonds. The zero-order chi connectivity index (χ0) is 27.7. The van der Waals surface area contributed by atoms with Crippen LogP contribution in [0, 0.1) is 5.92 Å². The molecule has 0 radical (unpaired) electrons. The molecule has 0 saturated heterocycles. The van der Waals surface area contributed by atoms with E-state index in [9.17, 15) is 34.2 Å². The molecular formula is C22H38N2O8S4. The van der Waals surface area contributed by atoms with Gasteiger partial charge < -0.3 is 25.6 Å². The number of ether oxygens (including phenoxy) is 1. The number of carboxylic acid groups (broad SMARTS) is 2. The van der Waals surface area contributed by atoms with Crippen LogP contribution in [0.3, 0.4) is 0 Å². The highest BCUT2D eigenvalue weighted by molar-refractivity contribution is 8.78. The molecule has 0 aliphatic rings. The summed E-state index contributed by atoms with van der Waals surface area (Å²) in [6, 6.07) is -1.97. The molecular weight excluding hydrogens is 549 g/mol. The number of aliphatic carboxylic acids is 2. The van der Waals surface area contributed by atoms with Crippen LogP contribution < -0.4 is 10.6 Å². The molecule has 0 spiro atoms. The highest BCUT2D eigenvalue weighted by Crippen LogP contribution is 2.35. The van der Waals surface area contributed by atoms with Gasteiger partial charge in [-0.2, -0.15) is 0 Å². The van der Waals surface area contributed by atoms with Gasteiger partial charge in [0, 0.05) is 42.8 Å². The molecule has 36 heavy (non-hydrogen) atoms. The Morgan fingerprint density at radius 1 is 0.778 bits per heavy atom. The molecule has 0 aromatic carbocycles. The van der Waals surface area contributed by atoms with E-state index in [1.54, 1.807) is 0 Å². The van der Waals surface area contributed by atoms with Gasteiger partial charge in [0.1, 0.15) is 18.2 Å². The first-order valence-electron chi connectivity index (χ1n) is 11.5. The van der Waals surface area contributed by atoms with Crippen molar-refractivity contribution in [3.63, 3.8) is 0 Å². The minimum atomic E-state index is -1.10. The third-order valence-electron chi connectivity index (χ3n) is 4.78. The SMILES string of the molecule is CC(=O)NC(CSSCC(CCCCC(=O)OC(C)C(C)C)SSCC(NC(C)=O)C(=O)O)C(=O)O. The number of rotatable bonds is 20. The summed E-state index contributed by atoms with van der Waals surface area (Å²) < 4.78 is 5.39. The Bertz CT molecular complexity index is 726. The van der Waals surface area contributed by atoms with E-state index in [1.165, 1.54) is 57.0 Å². The van der Waals surface area contributed by atoms with Crippen molar-refractivity contribution in [2.24, 2.45) is 5.92 Å². The van der Waals surface area contributed by atoms with Gasteiger partial charge >= 0.3 is 17.9 Å². The fraction of sp³-hybridized carbons (Fsp3) is 0.773. The van der Waals surface area contributed by atoms with Gasteiger partial charge in [-0.15, -0.1) is 0 Å². The lowest BCUT2D eigenvalue weighted by Crippen LogP contribution is -2.41. The van der Waals surface area contributed by atoms with Crippen LogP contribution in [0.1, 0.15) is 60.3 Å². The Balaban J connectivity index is 4.73. The van der Waals surface area contributed by atoms with Crippen LogP contribution in [0.15, 0.2) is 0 Å². The molecule has 0 bridgehead atoms. The number of hydrogen-bond acceptors (Lipinski definition) is 10. The quantitative estimate of drug-likeness (QED) is 0.0936. The molecule has 4 atom stereocenters. The lowest BCUT2D eigenvalue weighted by atomic mass is 10.1. The zero-order valence-electron chi connectivity index (χ0n) is 21.3. The van der Waals surface area contributed by atoms with Crippen molar-refractivity contribution in [3.8, 4) is 0 Å². The summed E-state index contributed by atoms with van der Waals surface area (Å²) >= 11 is 0. The summed E-state index contributed by atoms with van der Waals surface area (Å²) in [5, 5.41) is 23.4. The molecule has 0 saturated carbocycles. The Morgan fingerprint density at radius 3 is 1.75 bits per heavy atom. The number of nitrogens with one attached hydrogen (secondary N) is 2. The van der Waals surface area contributed by atoms with Gasteiger partial charge in [0.15, 0.2) is 0 Å². The molecule has 4 unspecified atom stereocenters. The van der Waals surface area contributed by atoms with E-state index in [2.05, 4.69) is 10.6 Å². The van der Waals surface area contributed by atoms with Crippen molar-refractivity contribution in [1.29, 1.82) is 0 Å². The molecule has 10 nitrogen and oxygen atoms in total. The highest BCUT2D eigenvalue weighted by atomic mass is 33.1. The Morgan fingerprint density at radius 2 is 1.28 bits per heavy atom. The van der Waals surface area contributed by atoms with Crippen molar-refractivity contribution in [1.82, 2.24) is 10.6 Å². The maximum Gasteiger partial charge on any atom is 0.327 e. The molecule has 208 valence electrons. The predicted molar refractivity (Wildman–Crippen MR) is 148 cm³/mol. The van der Waals surface area contributed by atoms with Gasteiger partial charge in [-0.25, -0.2) is 9.59 Å². The maximum absolute atomic E-state index is 12.0. The van der Waals surface area contributed by atoms with Gasteiger partial charge in [0.2, 0.25) is 11.8 Å². The van der Waals surface area contributed by atoms with Crippen molar-refractivity contribution < 1.29 is 38.9 Å². The summed E-state index contributed by atoms with van der Waals surface area (Å²) in [6.07, 6.45) is 2.39. The van der Waals surface area contributed by atoms with E-state index in [1.807, 2.05) is 20.8 Å². The number of carboxylic acids is 2. The van der Waals surface area contributed by atoms with E-state index in [-0.39, 0.29) is 34.7 Å². The second kappa shape index (κ2) is 19.8. The van der Waals surface area contributed by atoms with Gasteiger partial charge in [-0.1, -0.05) is 63.4 Å². The number of unbranched alkanes of at least 4 members (excludes halogenated alkanes) is 1. The van der Waals surface area contributed by atoms with Crippen molar-refractivity contribution in [3.05, 3.63) is 0 Å². The van der Waals surface area contributed by atoms with Crippen LogP contribution in [0.5, 0.6) is 0 Å². The van der Waals surface area contributed by atoms with E-state index in [0.29, 0.717) is 18.6 Å². The number of esters is 1. The summed E-state index contributed by atoms with van der Waals surface area (Å²) in [6.45, 7) is 8.38. The number of carbonyl (C=O) groups is 5. The Kier molecular flexibility index (Phi) is 19.1. The summed E-state index contributed by atoms with van der Waals surface area (Å²) in [7, 11) is 5.67. The first kappa shape index (κ1) is 34.8. The lowest BCUT2D eigenvalue weighted by Gasteiger charge is -2.18. The number of amides is 2. The molecule has 0 aromatic rings. The molecule has 0 rings (SSSR count). The Labute approximate surface area is 228 Å². The minimum Gasteiger partial charge on any atom is -0.480 e. The van der Waals surface area contributed by atoms with E-state index in [0.717, 1.165) is 12.8 Å². The average molecular weight is 587 g/mol. The fourth-order valence-corrected chi connectivity index (χ4v) is 8.43. The lowest BCUT2D eigenvalue weighted by molar-refractivity contribution is -0.150. The van der Waals surface area contributed by atoms with Crippen LogP contribution in [0.4, 0.5) is 0 Å². The third kappa shape index (κ3) is 18.1. The first-order chi connectivity index (χ1) is 16.8. The second-order valence-corrected chi connectivity index (χ2v) is 13.7. The molecule has 4 N–H and O–H groups in total. The minimum absolute atomic E-state index is 0.105. The van der Waals surface area contributed by atoms with Crippen LogP contribution in [-0.4, -0.2) is 80.6 Å². The molecule has 0 fully saturated rings. The summed E-state index contributed by atoms with van der Waals surface area (Å²) in [5.74, 6) is -1.96. The van der Waals surface area contributed by atoms with Gasteiger partial charge in [-0.05, 0) is 25.7 Å². The average Bonchev–Trinajstić information content (AvgIpc) is 2.76. The molecule has 14 heteroatoms. The van der Waals surface area contributed by atoms with E-state index < -0.39 is 35.8 Å². The first-order valence-corrected chi connectivity index (χ1v) is 16.4. The molecule has 0 heterocycles. The van der Waals surface area contributed by atoms with Crippen LogP contribution in [-0.2, 0) is 28.7 Å². The van der Waals surface area contributed by atoms with Gasteiger partial charge in [0.25, 0.3) is 0 Å². The molecule has 0 aliphatic heterocycles. The summed E-state index contributed by atoms with van der Waals surface area (Å²) in [4.78, 5) is 57.0. The van der Waals surface area contributed by atoms with Crippen LogP contribution in [0.2, 0.25) is 0 Å². The number of hydrogen-bond donors (Lipinski definition) is 4. The van der Waals surface area contributed by atoms with Crippen molar-refractivity contribution >= 4 is 72.9 Å². The summed E-state index contributed by atoms with van der Waals surface area (Å²) in [5.41, 5.74) is 0. The maximum atomic E-state index is 12.0. The predicted octanol–water partition coefficient (Wildman–Crippen LogP) is 3.44. The Hall–Kier alpha value is -1.25. The smallest absolute Gasteiger partial charge is 0.327 e. The second-order valence-electron chi connectivity index (χ2n) is 8.44. The third-order valence-corrected chi connectivity index (χ3v) is 10.4. The number of carbonyl (C=O) groups excluding carboxylic acids is 3. The van der Waals surface area contributed by atoms with Crippen molar-refractivity contribution in [2.75, 3.05) is 17.3 Å². The van der Waals surface area contributed by atoms with Gasteiger partial charge in [0.05, 0.1) is 0 Å². The highest BCUT2D eigenvalue weighted by Gasteiger charge is 2.21. The largest absolute Gasteiger partial charge is 0.480 e.